The number of hydrogen-bond acceptors (Lipinski definition) is 3. The van der Waals surface area contributed by atoms with Crippen LogP contribution in [0.3, 0.4) is 0 Å². The van der Waals surface area contributed by atoms with Gasteiger partial charge >= 0.3 is 0 Å². The van der Waals surface area contributed by atoms with Crippen molar-refractivity contribution in [2.24, 2.45) is 5.73 Å². The Labute approximate surface area is 104 Å². The number of aryl methyl sites for hydroxylation is 1. The molecular weight excluding hydrogens is 233 g/mol. The Balaban J connectivity index is 2.34. The summed E-state index contributed by atoms with van der Waals surface area (Å²) in [5.74, 6) is -0.367. The fraction of sp³-hybridized carbons (Fsp3) is 0.231. The van der Waals surface area contributed by atoms with Gasteiger partial charge in [-0.25, -0.2) is 9.07 Å². The van der Waals surface area contributed by atoms with E-state index < -0.39 is 0 Å². The Bertz CT molecular complexity index is 622. The third-order valence-corrected chi connectivity index (χ3v) is 2.67. The number of halogens is 1. The predicted octanol–water partition coefficient (Wildman–Crippen LogP) is 1.20. The van der Waals surface area contributed by atoms with Crippen molar-refractivity contribution >= 4 is 0 Å². The lowest BCUT2D eigenvalue weighted by Crippen LogP contribution is -2.23. The summed E-state index contributed by atoms with van der Waals surface area (Å²) in [6.45, 7) is 2.20. The van der Waals surface area contributed by atoms with Gasteiger partial charge in [0.05, 0.1) is 12.2 Å². The molecule has 5 heteroatoms. The Morgan fingerprint density at radius 2 is 2.11 bits per heavy atom. The molecule has 2 rings (SSSR count). The Kier molecular flexibility index (Phi) is 3.53. The van der Waals surface area contributed by atoms with Crippen molar-refractivity contribution < 1.29 is 4.39 Å². The van der Waals surface area contributed by atoms with E-state index in [-0.39, 0.29) is 17.9 Å². The second kappa shape index (κ2) is 5.10. The Hall–Kier alpha value is -2.01. The van der Waals surface area contributed by atoms with Crippen LogP contribution in [-0.4, -0.2) is 9.78 Å². The van der Waals surface area contributed by atoms with Crippen molar-refractivity contribution in [1.82, 2.24) is 9.78 Å². The summed E-state index contributed by atoms with van der Waals surface area (Å²) in [5.41, 5.74) is 7.05. The fourth-order valence-corrected chi connectivity index (χ4v) is 1.67. The van der Waals surface area contributed by atoms with Gasteiger partial charge in [-0.15, -0.1) is 0 Å². The summed E-state index contributed by atoms with van der Waals surface area (Å²) in [4.78, 5) is 11.6. The maximum absolute atomic E-state index is 13.8. The first kappa shape index (κ1) is 12.4. The van der Waals surface area contributed by atoms with Gasteiger partial charge in [-0.05, 0) is 24.6 Å². The largest absolute Gasteiger partial charge is 0.326 e. The quantitative estimate of drug-likeness (QED) is 0.886. The van der Waals surface area contributed by atoms with Gasteiger partial charge in [0.2, 0.25) is 0 Å². The van der Waals surface area contributed by atoms with Gasteiger partial charge in [0.15, 0.2) is 0 Å². The lowest BCUT2D eigenvalue weighted by atomic mass is 10.1. The third kappa shape index (κ3) is 2.62. The van der Waals surface area contributed by atoms with Gasteiger partial charge in [-0.2, -0.15) is 5.10 Å². The van der Waals surface area contributed by atoms with Crippen molar-refractivity contribution in [3.8, 4) is 0 Å². The molecule has 0 aliphatic rings. The number of hydrogen-bond donors (Lipinski definition) is 1. The topological polar surface area (TPSA) is 60.9 Å². The molecule has 0 fully saturated rings. The molecule has 0 aliphatic heterocycles. The molecule has 0 saturated heterocycles. The molecule has 1 heterocycles. The van der Waals surface area contributed by atoms with Crippen LogP contribution in [0.1, 0.15) is 16.8 Å². The normalized spacial score (nSPS) is 10.6. The molecule has 0 spiro atoms. The molecule has 0 unspecified atom stereocenters. The molecule has 0 amide bonds. The molecule has 2 N–H and O–H groups in total. The third-order valence-electron chi connectivity index (χ3n) is 2.67. The van der Waals surface area contributed by atoms with Crippen molar-refractivity contribution in [2.75, 3.05) is 0 Å². The second-order valence-electron chi connectivity index (χ2n) is 4.10. The van der Waals surface area contributed by atoms with E-state index in [1.165, 1.54) is 16.8 Å². The molecule has 4 nitrogen and oxygen atoms in total. The lowest BCUT2D eigenvalue weighted by molar-refractivity contribution is 0.567. The highest BCUT2D eigenvalue weighted by Crippen LogP contribution is 2.10. The van der Waals surface area contributed by atoms with Gasteiger partial charge in [0, 0.05) is 18.2 Å². The van der Waals surface area contributed by atoms with Crippen molar-refractivity contribution in [1.29, 1.82) is 0 Å². The van der Waals surface area contributed by atoms with Crippen molar-refractivity contribution in [2.45, 2.75) is 20.0 Å². The van der Waals surface area contributed by atoms with Crippen LogP contribution in [0.15, 0.2) is 35.1 Å². The highest BCUT2D eigenvalue weighted by atomic mass is 19.1. The molecule has 94 valence electrons. The number of aromatic nitrogens is 2. The minimum atomic E-state index is -0.367. The lowest BCUT2D eigenvalue weighted by Gasteiger charge is -2.07. The second-order valence-corrected chi connectivity index (χ2v) is 4.10. The van der Waals surface area contributed by atoms with Gasteiger partial charge < -0.3 is 5.73 Å². The van der Waals surface area contributed by atoms with E-state index >= 15 is 0 Å². The van der Waals surface area contributed by atoms with Crippen LogP contribution in [0, 0.1) is 12.7 Å². The minimum Gasteiger partial charge on any atom is -0.326 e. The molecule has 18 heavy (non-hydrogen) atoms. The van der Waals surface area contributed by atoms with E-state index in [1.54, 1.807) is 25.1 Å². The highest BCUT2D eigenvalue weighted by Gasteiger charge is 2.06. The number of benzene rings is 1. The van der Waals surface area contributed by atoms with Gasteiger partial charge in [-0.3, -0.25) is 4.79 Å². The standard InChI is InChI=1S/C13H14FN3O/c1-9-2-5-13(18)17(16-9)8-11-4-3-10(7-15)6-12(11)14/h2-6H,7-8,15H2,1H3. The smallest absolute Gasteiger partial charge is 0.267 e. The van der Waals surface area contributed by atoms with Crippen LogP contribution >= 0.6 is 0 Å². The predicted molar refractivity (Wildman–Crippen MR) is 66.6 cm³/mol. The van der Waals surface area contributed by atoms with E-state index in [0.717, 1.165) is 5.56 Å². The average molecular weight is 247 g/mol. The summed E-state index contributed by atoms with van der Waals surface area (Å²) in [5, 5.41) is 4.06. The summed E-state index contributed by atoms with van der Waals surface area (Å²) in [6.07, 6.45) is 0. The first-order valence-corrected chi connectivity index (χ1v) is 5.62. The zero-order chi connectivity index (χ0) is 13.1. The van der Waals surface area contributed by atoms with Crippen LogP contribution in [0.2, 0.25) is 0 Å². The van der Waals surface area contributed by atoms with Crippen molar-refractivity contribution in [3.63, 3.8) is 0 Å². The number of rotatable bonds is 3. The highest BCUT2D eigenvalue weighted by molar-refractivity contribution is 5.24. The first-order chi connectivity index (χ1) is 8.60. The monoisotopic (exact) mass is 247 g/mol. The van der Waals surface area contributed by atoms with E-state index in [1.807, 2.05) is 0 Å². The first-order valence-electron chi connectivity index (χ1n) is 5.62. The van der Waals surface area contributed by atoms with Gasteiger partial charge in [0.1, 0.15) is 5.82 Å². The van der Waals surface area contributed by atoms with Crippen LogP contribution in [-0.2, 0) is 13.1 Å². The van der Waals surface area contributed by atoms with E-state index in [4.69, 9.17) is 5.73 Å². The van der Waals surface area contributed by atoms with Crippen LogP contribution in [0.25, 0.3) is 0 Å². The van der Waals surface area contributed by atoms with Gasteiger partial charge in [0.25, 0.3) is 5.56 Å². The number of nitrogens with two attached hydrogens (primary N) is 1. The SMILES string of the molecule is Cc1ccc(=O)n(Cc2ccc(CN)cc2F)n1. The molecular formula is C13H14FN3O. The molecule has 0 saturated carbocycles. The summed E-state index contributed by atoms with van der Waals surface area (Å²) in [6, 6.07) is 7.82. The Morgan fingerprint density at radius 3 is 2.78 bits per heavy atom. The summed E-state index contributed by atoms with van der Waals surface area (Å²) >= 11 is 0. The van der Waals surface area contributed by atoms with Gasteiger partial charge in [-0.1, -0.05) is 12.1 Å². The molecule has 0 bridgehead atoms. The zero-order valence-electron chi connectivity index (χ0n) is 10.1. The molecule has 1 aromatic carbocycles. The molecule has 0 radical (unpaired) electrons. The summed E-state index contributed by atoms with van der Waals surface area (Å²) in [7, 11) is 0. The molecule has 0 aliphatic carbocycles. The average Bonchev–Trinajstić information content (AvgIpc) is 2.36. The maximum Gasteiger partial charge on any atom is 0.267 e. The molecule has 1 aromatic heterocycles. The molecule has 0 atom stereocenters. The van der Waals surface area contributed by atoms with E-state index in [2.05, 4.69) is 5.10 Å². The van der Waals surface area contributed by atoms with Crippen molar-refractivity contribution in [3.05, 3.63) is 63.3 Å². The maximum atomic E-state index is 13.8. The zero-order valence-corrected chi connectivity index (χ0v) is 10.1. The van der Waals surface area contributed by atoms with Crippen LogP contribution in [0.5, 0.6) is 0 Å². The number of nitrogens with zero attached hydrogens (tertiary/aromatic N) is 2. The Morgan fingerprint density at radius 1 is 1.33 bits per heavy atom. The van der Waals surface area contributed by atoms with E-state index in [0.29, 0.717) is 17.8 Å². The van der Waals surface area contributed by atoms with E-state index in [9.17, 15) is 9.18 Å². The molecule has 2 aromatic rings. The van der Waals surface area contributed by atoms with Crippen LogP contribution in [0.4, 0.5) is 4.39 Å². The minimum absolute atomic E-state index is 0.122. The van der Waals surface area contributed by atoms with Crippen LogP contribution < -0.4 is 11.3 Å². The fourth-order valence-electron chi connectivity index (χ4n) is 1.67. The summed E-state index contributed by atoms with van der Waals surface area (Å²) < 4.78 is 15.0.